The standard InChI is InChI=1S/C25H38FN3O5/c1-25(2,3)34-24(32)28-21(14-17-10-12-19(26)13-11-17)23(31)29(16-22(30)33-5)15-18-8-6-7-9-20(18)27-4/h10-13,18,20-21,27H,6-9,14-16H2,1-5H3,(H,28,32)/t18-,20+,21-/m0/s1. The van der Waals surface area contributed by atoms with Gasteiger partial charge in [0, 0.05) is 19.0 Å². The number of rotatable bonds is 9. The number of amides is 2. The number of hydrogen-bond acceptors (Lipinski definition) is 6. The molecule has 1 aromatic carbocycles. The fraction of sp³-hybridized carbons (Fsp3) is 0.640. The van der Waals surface area contributed by atoms with Crippen LogP contribution in [-0.4, -0.2) is 67.8 Å². The fourth-order valence-electron chi connectivity index (χ4n) is 4.27. The van der Waals surface area contributed by atoms with Crippen LogP contribution in [0.3, 0.4) is 0 Å². The summed E-state index contributed by atoms with van der Waals surface area (Å²) in [5.74, 6) is -1.18. The Morgan fingerprint density at radius 1 is 1.15 bits per heavy atom. The van der Waals surface area contributed by atoms with Gasteiger partial charge in [-0.1, -0.05) is 25.0 Å². The molecule has 0 aromatic heterocycles. The maximum absolute atomic E-state index is 13.7. The Bertz CT molecular complexity index is 825. The van der Waals surface area contributed by atoms with Crippen molar-refractivity contribution >= 4 is 18.0 Å². The Labute approximate surface area is 201 Å². The zero-order valence-corrected chi connectivity index (χ0v) is 20.9. The third kappa shape index (κ3) is 8.93. The fourth-order valence-corrected chi connectivity index (χ4v) is 4.27. The minimum absolute atomic E-state index is 0.121. The number of benzene rings is 1. The van der Waals surface area contributed by atoms with Crippen molar-refractivity contribution in [3.63, 3.8) is 0 Å². The quantitative estimate of drug-likeness (QED) is 0.529. The number of nitrogens with one attached hydrogen (secondary N) is 2. The highest BCUT2D eigenvalue weighted by Gasteiger charge is 2.33. The van der Waals surface area contributed by atoms with Gasteiger partial charge in [-0.3, -0.25) is 9.59 Å². The van der Waals surface area contributed by atoms with Gasteiger partial charge in [0.05, 0.1) is 7.11 Å². The van der Waals surface area contributed by atoms with Crippen LogP contribution in [0.4, 0.5) is 9.18 Å². The Morgan fingerprint density at radius 2 is 1.79 bits per heavy atom. The molecule has 2 N–H and O–H groups in total. The highest BCUT2D eigenvalue weighted by atomic mass is 19.1. The maximum atomic E-state index is 13.7. The first-order valence-electron chi connectivity index (χ1n) is 11.8. The molecule has 0 unspecified atom stereocenters. The summed E-state index contributed by atoms with van der Waals surface area (Å²) in [5.41, 5.74) is -0.0823. The minimum Gasteiger partial charge on any atom is -0.468 e. The van der Waals surface area contributed by atoms with Crippen molar-refractivity contribution in [1.82, 2.24) is 15.5 Å². The number of methoxy groups -OCH3 is 1. The first kappa shape index (κ1) is 27.6. The molecule has 0 radical (unpaired) electrons. The van der Waals surface area contributed by atoms with E-state index in [0.717, 1.165) is 25.7 Å². The van der Waals surface area contributed by atoms with Crippen LogP contribution >= 0.6 is 0 Å². The highest BCUT2D eigenvalue weighted by Crippen LogP contribution is 2.25. The Kier molecular flexibility index (Phi) is 10.3. The Hall–Kier alpha value is -2.68. The first-order chi connectivity index (χ1) is 16.0. The molecule has 190 valence electrons. The van der Waals surface area contributed by atoms with Gasteiger partial charge in [0.15, 0.2) is 0 Å². The largest absolute Gasteiger partial charge is 0.468 e. The van der Waals surface area contributed by atoms with E-state index in [-0.39, 0.29) is 24.9 Å². The second-order valence-corrected chi connectivity index (χ2v) is 9.76. The van der Waals surface area contributed by atoms with Crippen LogP contribution in [0, 0.1) is 11.7 Å². The molecule has 0 heterocycles. The second-order valence-electron chi connectivity index (χ2n) is 9.76. The van der Waals surface area contributed by atoms with E-state index in [0.29, 0.717) is 12.1 Å². The van der Waals surface area contributed by atoms with Gasteiger partial charge in [-0.15, -0.1) is 0 Å². The molecule has 1 aliphatic carbocycles. The van der Waals surface area contributed by atoms with Crippen LogP contribution in [0.25, 0.3) is 0 Å². The van der Waals surface area contributed by atoms with Crippen molar-refractivity contribution in [2.75, 3.05) is 27.2 Å². The van der Waals surface area contributed by atoms with E-state index in [1.165, 1.54) is 24.1 Å². The van der Waals surface area contributed by atoms with Gasteiger partial charge in [0.2, 0.25) is 5.91 Å². The summed E-state index contributed by atoms with van der Waals surface area (Å²) < 4.78 is 23.6. The summed E-state index contributed by atoms with van der Waals surface area (Å²) in [6, 6.07) is 4.97. The van der Waals surface area contributed by atoms with Gasteiger partial charge in [-0.2, -0.15) is 0 Å². The Morgan fingerprint density at radius 3 is 2.38 bits per heavy atom. The van der Waals surface area contributed by atoms with E-state index in [2.05, 4.69) is 10.6 Å². The topological polar surface area (TPSA) is 97.0 Å². The molecule has 0 bridgehead atoms. The number of esters is 1. The predicted octanol–water partition coefficient (Wildman–Crippen LogP) is 3.04. The maximum Gasteiger partial charge on any atom is 0.408 e. The van der Waals surface area contributed by atoms with Gasteiger partial charge in [-0.25, -0.2) is 9.18 Å². The second kappa shape index (κ2) is 12.7. The van der Waals surface area contributed by atoms with Crippen LogP contribution in [-0.2, 0) is 25.5 Å². The zero-order chi connectivity index (χ0) is 25.3. The van der Waals surface area contributed by atoms with Crippen LogP contribution in [0.15, 0.2) is 24.3 Å². The lowest BCUT2D eigenvalue weighted by Crippen LogP contribution is -2.54. The number of carbonyl (C=O) groups is 3. The highest BCUT2D eigenvalue weighted by molar-refractivity contribution is 5.88. The van der Waals surface area contributed by atoms with Crippen molar-refractivity contribution in [3.05, 3.63) is 35.6 Å². The molecule has 1 saturated carbocycles. The molecule has 3 atom stereocenters. The van der Waals surface area contributed by atoms with Crippen molar-refractivity contribution in [1.29, 1.82) is 0 Å². The lowest BCUT2D eigenvalue weighted by Gasteiger charge is -2.36. The average molecular weight is 480 g/mol. The molecular formula is C25H38FN3O5. The molecule has 1 aliphatic rings. The third-order valence-corrected chi connectivity index (χ3v) is 5.94. The first-order valence-corrected chi connectivity index (χ1v) is 11.8. The van der Waals surface area contributed by atoms with Gasteiger partial charge in [0.1, 0.15) is 24.0 Å². The molecule has 8 nitrogen and oxygen atoms in total. The van der Waals surface area contributed by atoms with Gasteiger partial charge in [-0.05, 0) is 64.3 Å². The third-order valence-electron chi connectivity index (χ3n) is 5.94. The minimum atomic E-state index is -0.999. The zero-order valence-electron chi connectivity index (χ0n) is 20.9. The van der Waals surface area contributed by atoms with E-state index in [1.54, 1.807) is 32.9 Å². The number of ether oxygens (including phenoxy) is 2. The van der Waals surface area contributed by atoms with Crippen LogP contribution in [0.5, 0.6) is 0 Å². The predicted molar refractivity (Wildman–Crippen MR) is 127 cm³/mol. The summed E-state index contributed by atoms with van der Waals surface area (Å²) >= 11 is 0. The summed E-state index contributed by atoms with van der Waals surface area (Å²) in [5, 5.41) is 5.98. The SMILES string of the molecule is CN[C@@H]1CCCC[C@H]1CN(CC(=O)OC)C(=O)[C@H](Cc1ccc(F)cc1)NC(=O)OC(C)(C)C. The number of hydrogen-bond donors (Lipinski definition) is 2. The van der Waals surface area contributed by atoms with E-state index in [9.17, 15) is 18.8 Å². The smallest absolute Gasteiger partial charge is 0.408 e. The summed E-state index contributed by atoms with van der Waals surface area (Å²) in [7, 11) is 3.17. The van der Waals surface area contributed by atoms with Crippen molar-refractivity contribution in [2.45, 2.75) is 70.6 Å². The van der Waals surface area contributed by atoms with E-state index >= 15 is 0 Å². The molecule has 0 saturated heterocycles. The Balaban J connectivity index is 2.28. The monoisotopic (exact) mass is 479 g/mol. The van der Waals surface area contributed by atoms with Crippen molar-refractivity contribution in [3.8, 4) is 0 Å². The number of nitrogens with zero attached hydrogens (tertiary/aromatic N) is 1. The average Bonchev–Trinajstić information content (AvgIpc) is 2.78. The summed E-state index contributed by atoms with van der Waals surface area (Å²) in [6.45, 7) is 5.32. The number of halogens is 1. The van der Waals surface area contributed by atoms with Crippen molar-refractivity contribution in [2.24, 2.45) is 5.92 Å². The number of carbonyl (C=O) groups excluding carboxylic acids is 3. The van der Waals surface area contributed by atoms with Crippen molar-refractivity contribution < 1.29 is 28.2 Å². The van der Waals surface area contributed by atoms with Gasteiger partial charge < -0.3 is 25.0 Å². The van der Waals surface area contributed by atoms with E-state index in [4.69, 9.17) is 9.47 Å². The molecule has 1 aromatic rings. The number of alkyl carbamates (subject to hydrolysis) is 1. The van der Waals surface area contributed by atoms with E-state index < -0.39 is 35.4 Å². The van der Waals surface area contributed by atoms with Crippen LogP contribution in [0.1, 0.15) is 52.0 Å². The lowest BCUT2D eigenvalue weighted by molar-refractivity contribution is -0.148. The van der Waals surface area contributed by atoms with Gasteiger partial charge >= 0.3 is 12.1 Å². The van der Waals surface area contributed by atoms with Gasteiger partial charge in [0.25, 0.3) is 0 Å². The molecule has 2 amide bonds. The summed E-state index contributed by atoms with van der Waals surface area (Å²) in [4.78, 5) is 39.8. The normalized spacial score (nSPS) is 19.1. The van der Waals surface area contributed by atoms with Crippen LogP contribution < -0.4 is 10.6 Å². The molecule has 0 spiro atoms. The lowest BCUT2D eigenvalue weighted by atomic mass is 9.84. The van der Waals surface area contributed by atoms with Crippen LogP contribution in [0.2, 0.25) is 0 Å². The molecule has 1 fully saturated rings. The molecule has 0 aliphatic heterocycles. The summed E-state index contributed by atoms with van der Waals surface area (Å²) in [6.07, 6.45) is 3.47. The molecule has 9 heteroatoms. The molecular weight excluding hydrogens is 441 g/mol. The molecule has 2 rings (SSSR count). The molecule has 34 heavy (non-hydrogen) atoms. The van der Waals surface area contributed by atoms with E-state index in [1.807, 2.05) is 7.05 Å².